The molecule has 0 saturated heterocycles. The van der Waals surface area contributed by atoms with Crippen LogP contribution in [0.2, 0.25) is 0 Å². The van der Waals surface area contributed by atoms with Crippen molar-refractivity contribution in [1.29, 1.82) is 0 Å². The van der Waals surface area contributed by atoms with Gasteiger partial charge in [0, 0.05) is 12.3 Å². The molecule has 1 N–H and O–H groups in total. The van der Waals surface area contributed by atoms with Crippen LogP contribution in [-0.4, -0.2) is 17.0 Å². The Hall–Kier alpha value is -3.23. The van der Waals surface area contributed by atoms with E-state index in [0.717, 1.165) is 18.4 Å². The van der Waals surface area contributed by atoms with Gasteiger partial charge in [-0.05, 0) is 76.9 Å². The van der Waals surface area contributed by atoms with Crippen LogP contribution in [0.15, 0.2) is 130 Å². The van der Waals surface area contributed by atoms with E-state index in [-0.39, 0.29) is 28.6 Å². The highest BCUT2D eigenvalue weighted by molar-refractivity contribution is 5.92. The van der Waals surface area contributed by atoms with Crippen molar-refractivity contribution in [2.45, 2.75) is 94.6 Å². The number of hydrogen-bond donors (Lipinski definition) is 1. The van der Waals surface area contributed by atoms with Gasteiger partial charge in [0.15, 0.2) is 5.78 Å². The molecule has 0 saturated carbocycles. The lowest BCUT2D eigenvalue weighted by atomic mass is 9.68. The van der Waals surface area contributed by atoms with Crippen molar-refractivity contribution >= 4 is 5.78 Å². The van der Waals surface area contributed by atoms with E-state index in [2.05, 4.69) is 154 Å². The second kappa shape index (κ2) is 15.8. The van der Waals surface area contributed by atoms with Crippen molar-refractivity contribution in [1.82, 2.24) is 0 Å². The van der Waals surface area contributed by atoms with Crippen LogP contribution in [0.3, 0.4) is 0 Å². The fraction of sp³-hybridized carbons (Fsp3) is 0.425. The lowest BCUT2D eigenvalue weighted by molar-refractivity contribution is -0.117. The Balaban J connectivity index is 1.90. The largest absolute Gasteiger partial charge is 0.393 e. The Morgan fingerprint density at radius 2 is 1.29 bits per heavy atom. The predicted octanol–water partition coefficient (Wildman–Crippen LogP) is 10.6. The Labute approximate surface area is 256 Å². The summed E-state index contributed by atoms with van der Waals surface area (Å²) in [4.78, 5) is 11.9. The Bertz CT molecular complexity index is 1320. The van der Waals surface area contributed by atoms with Crippen LogP contribution >= 0.6 is 0 Å². The number of allylic oxidation sites excluding steroid dienone is 21. The van der Waals surface area contributed by atoms with Crippen molar-refractivity contribution < 1.29 is 9.90 Å². The minimum atomic E-state index is -0.229. The third-order valence-electron chi connectivity index (χ3n) is 8.16. The van der Waals surface area contributed by atoms with Crippen molar-refractivity contribution in [3.63, 3.8) is 0 Å². The molecule has 42 heavy (non-hydrogen) atoms. The van der Waals surface area contributed by atoms with Gasteiger partial charge in [-0.15, -0.1) is 0 Å². The second-order valence-corrected chi connectivity index (χ2v) is 13.6. The molecule has 226 valence electrons. The van der Waals surface area contributed by atoms with E-state index in [1.807, 2.05) is 0 Å². The third-order valence-corrected chi connectivity index (χ3v) is 8.16. The number of rotatable bonds is 10. The van der Waals surface area contributed by atoms with E-state index in [4.69, 9.17) is 0 Å². The summed E-state index contributed by atoms with van der Waals surface area (Å²) in [5.74, 6) is 0.521. The topological polar surface area (TPSA) is 37.3 Å². The van der Waals surface area contributed by atoms with Crippen LogP contribution in [0.4, 0.5) is 0 Å². The fourth-order valence-electron chi connectivity index (χ4n) is 5.97. The summed E-state index contributed by atoms with van der Waals surface area (Å²) in [6.07, 6.45) is 33.6. The molecule has 0 fully saturated rings. The van der Waals surface area contributed by atoms with Crippen molar-refractivity contribution in [2.24, 2.45) is 16.7 Å². The standard InChI is InChI=1S/C40H54O2/c1-29(17-13-19-31(3)21-23-37-33(5)25-35(41)27-39(37,7)8)15-11-12-16-30(2)18-14-20-32(4)22-24-38-34(6)26-36(42)28-40(38,9)10/h11-25,36-37,42H,26-28H2,1-10H3/b12-11+,17-13+,18-14+,23-21+,24-22+,29-15+,30-16+,31-19+,32-20+/t36?,37-/m0/s1. The maximum atomic E-state index is 11.9. The molecule has 2 aliphatic carbocycles. The summed E-state index contributed by atoms with van der Waals surface area (Å²) in [5, 5.41) is 10.1. The van der Waals surface area contributed by atoms with E-state index in [1.54, 1.807) is 6.08 Å². The second-order valence-electron chi connectivity index (χ2n) is 13.6. The molecular formula is C40H54O2. The third kappa shape index (κ3) is 11.6. The Kier molecular flexibility index (Phi) is 13.2. The Morgan fingerprint density at radius 1 is 0.786 bits per heavy atom. The van der Waals surface area contributed by atoms with Gasteiger partial charge in [-0.25, -0.2) is 0 Å². The molecule has 0 radical (unpaired) electrons. The lowest BCUT2D eigenvalue weighted by Gasteiger charge is -2.35. The first kappa shape index (κ1) is 35.0. The van der Waals surface area contributed by atoms with Gasteiger partial charge in [-0.1, -0.05) is 146 Å². The molecule has 2 atom stereocenters. The molecule has 0 aliphatic heterocycles. The monoisotopic (exact) mass is 566 g/mol. The number of hydrogen-bond acceptors (Lipinski definition) is 2. The van der Waals surface area contributed by atoms with Crippen LogP contribution in [0.25, 0.3) is 0 Å². The lowest BCUT2D eigenvalue weighted by Crippen LogP contribution is -2.30. The molecule has 0 amide bonds. The van der Waals surface area contributed by atoms with Crippen LogP contribution in [0, 0.1) is 16.7 Å². The molecule has 2 rings (SSSR count). The van der Waals surface area contributed by atoms with E-state index in [9.17, 15) is 9.90 Å². The fourth-order valence-corrected chi connectivity index (χ4v) is 5.97. The molecular weight excluding hydrogens is 512 g/mol. The van der Waals surface area contributed by atoms with Gasteiger partial charge in [-0.2, -0.15) is 0 Å². The van der Waals surface area contributed by atoms with E-state index < -0.39 is 0 Å². The minimum Gasteiger partial charge on any atom is -0.393 e. The van der Waals surface area contributed by atoms with Gasteiger partial charge < -0.3 is 5.11 Å². The summed E-state index contributed by atoms with van der Waals surface area (Å²) in [5.41, 5.74) is 8.49. The SMILES string of the molecule is CC1=CC(=O)CC(C)(C)[C@H]1/C=C/C(C)=C/C=C/C(C)=C/C=C/C=C(C)/C=C/C=C(C)/C=C/C1=C(C)CC(O)CC1(C)C. The summed E-state index contributed by atoms with van der Waals surface area (Å²) < 4.78 is 0. The van der Waals surface area contributed by atoms with Gasteiger partial charge in [0.25, 0.3) is 0 Å². The minimum absolute atomic E-state index is 0.00310. The number of carbonyl (C=O) groups excluding carboxylic acids is 1. The molecule has 0 spiro atoms. The van der Waals surface area contributed by atoms with Gasteiger partial charge in [-0.3, -0.25) is 4.79 Å². The molecule has 2 nitrogen and oxygen atoms in total. The molecule has 0 aromatic rings. The average Bonchev–Trinajstić information content (AvgIpc) is 2.84. The number of ketones is 1. The molecule has 2 heteroatoms. The maximum absolute atomic E-state index is 11.9. The molecule has 0 heterocycles. The van der Waals surface area contributed by atoms with E-state index >= 15 is 0 Å². The van der Waals surface area contributed by atoms with E-state index in [1.165, 1.54) is 33.4 Å². The average molecular weight is 567 g/mol. The number of carbonyl (C=O) groups is 1. The highest BCUT2D eigenvalue weighted by Gasteiger charge is 2.34. The van der Waals surface area contributed by atoms with Gasteiger partial charge in [0.05, 0.1) is 6.10 Å². The van der Waals surface area contributed by atoms with Crippen molar-refractivity contribution in [2.75, 3.05) is 0 Å². The van der Waals surface area contributed by atoms with Crippen molar-refractivity contribution in [3.8, 4) is 0 Å². The molecule has 0 bridgehead atoms. The molecule has 0 aromatic heterocycles. The van der Waals surface area contributed by atoms with Crippen molar-refractivity contribution in [3.05, 3.63) is 130 Å². The van der Waals surface area contributed by atoms with Crippen LogP contribution in [0.5, 0.6) is 0 Å². The predicted molar refractivity (Wildman–Crippen MR) is 183 cm³/mol. The number of aliphatic hydroxyl groups excluding tert-OH is 1. The quantitative estimate of drug-likeness (QED) is 0.267. The van der Waals surface area contributed by atoms with Crippen LogP contribution in [-0.2, 0) is 4.79 Å². The van der Waals surface area contributed by atoms with Gasteiger partial charge in [0.2, 0.25) is 0 Å². The molecule has 2 aliphatic rings. The smallest absolute Gasteiger partial charge is 0.156 e. The zero-order chi connectivity index (χ0) is 31.5. The highest BCUT2D eigenvalue weighted by Crippen LogP contribution is 2.41. The maximum Gasteiger partial charge on any atom is 0.156 e. The zero-order valence-electron chi connectivity index (χ0n) is 27.8. The summed E-state index contributed by atoms with van der Waals surface area (Å²) in [6.45, 7) is 21.4. The van der Waals surface area contributed by atoms with Crippen LogP contribution in [0.1, 0.15) is 88.5 Å². The first-order valence-corrected chi connectivity index (χ1v) is 15.3. The summed E-state index contributed by atoms with van der Waals surface area (Å²) in [6, 6.07) is 0. The number of aliphatic hydroxyl groups is 1. The summed E-state index contributed by atoms with van der Waals surface area (Å²) in [7, 11) is 0. The van der Waals surface area contributed by atoms with Crippen LogP contribution < -0.4 is 0 Å². The molecule has 0 aromatic carbocycles. The zero-order valence-corrected chi connectivity index (χ0v) is 27.8. The highest BCUT2D eigenvalue weighted by atomic mass is 16.3. The van der Waals surface area contributed by atoms with Gasteiger partial charge >= 0.3 is 0 Å². The van der Waals surface area contributed by atoms with Gasteiger partial charge in [0.1, 0.15) is 0 Å². The summed E-state index contributed by atoms with van der Waals surface area (Å²) >= 11 is 0. The molecule has 1 unspecified atom stereocenters. The first-order valence-electron chi connectivity index (χ1n) is 15.3. The Morgan fingerprint density at radius 3 is 1.81 bits per heavy atom. The normalized spacial score (nSPS) is 24.8. The van der Waals surface area contributed by atoms with E-state index in [0.29, 0.717) is 6.42 Å². The first-order chi connectivity index (χ1) is 19.6.